The lowest BCUT2D eigenvalue weighted by Crippen LogP contribution is -2.27. The predicted octanol–water partition coefficient (Wildman–Crippen LogP) is 4.73. The number of likely N-dealkylation sites (tertiary alicyclic amines) is 1. The van der Waals surface area contributed by atoms with Crippen LogP contribution in [0.3, 0.4) is 0 Å². The molecule has 0 saturated carbocycles. The molecule has 0 N–H and O–H groups in total. The number of nitrogens with zero attached hydrogens (tertiary/aromatic N) is 4. The van der Waals surface area contributed by atoms with Crippen LogP contribution in [0.1, 0.15) is 30.0 Å². The minimum Gasteiger partial charge on any atom is -0.497 e. The Balaban J connectivity index is 1.58. The number of benzene rings is 2. The van der Waals surface area contributed by atoms with Gasteiger partial charge in [-0.1, -0.05) is 42.0 Å². The van der Waals surface area contributed by atoms with Crippen LogP contribution in [0.2, 0.25) is 0 Å². The zero-order chi connectivity index (χ0) is 19.7. The lowest BCUT2D eigenvalue weighted by Gasteiger charge is -2.24. The van der Waals surface area contributed by atoms with E-state index in [-0.39, 0.29) is 0 Å². The summed E-state index contributed by atoms with van der Waals surface area (Å²) in [4.78, 5) is 2.46. The van der Waals surface area contributed by atoms with Gasteiger partial charge in [-0.2, -0.15) is 5.10 Å². The second-order valence-electron chi connectivity index (χ2n) is 7.42. The highest BCUT2D eigenvalue weighted by Crippen LogP contribution is 2.33. The molecule has 1 aliphatic rings. The van der Waals surface area contributed by atoms with E-state index in [1.54, 1.807) is 7.11 Å². The number of aryl methyl sites for hydroxylation is 1. The van der Waals surface area contributed by atoms with Crippen LogP contribution in [0.4, 0.5) is 0 Å². The van der Waals surface area contributed by atoms with Crippen molar-refractivity contribution in [3.63, 3.8) is 0 Å². The minimum atomic E-state index is 0.387. The summed E-state index contributed by atoms with van der Waals surface area (Å²) < 4.78 is 9.99. The monoisotopic (exact) mass is 394 g/mol. The summed E-state index contributed by atoms with van der Waals surface area (Å²) in [5.74, 6) is 1.80. The molecule has 3 aromatic rings. The van der Waals surface area contributed by atoms with Crippen LogP contribution in [-0.4, -0.2) is 32.9 Å². The van der Waals surface area contributed by atoms with E-state index in [1.807, 2.05) is 28.4 Å². The average Bonchev–Trinajstić information content (AvgIpc) is 3.29. The Labute approximate surface area is 171 Å². The van der Waals surface area contributed by atoms with Crippen LogP contribution in [0, 0.1) is 11.7 Å². The maximum atomic E-state index is 5.68. The van der Waals surface area contributed by atoms with Crippen LogP contribution in [0.15, 0.2) is 48.5 Å². The Hall–Kier alpha value is -2.44. The Bertz CT molecular complexity index is 1000. The average molecular weight is 395 g/mol. The topological polar surface area (TPSA) is 35.2 Å². The SMILES string of the molecule is COc1ccc([C@@H]2CCCN2Cn2nc(-c3ccc(C)cc3)n(C)c2=S)cc1. The molecule has 0 unspecified atom stereocenters. The number of methoxy groups -OCH3 is 1. The third-order valence-corrected chi connectivity index (χ3v) is 6.02. The number of ether oxygens (including phenoxy) is 1. The molecule has 2 heterocycles. The van der Waals surface area contributed by atoms with Crippen LogP contribution in [0.5, 0.6) is 5.75 Å². The van der Waals surface area contributed by atoms with Crippen LogP contribution < -0.4 is 4.74 Å². The molecule has 5 nitrogen and oxygen atoms in total. The van der Waals surface area contributed by atoms with Gasteiger partial charge in [0.15, 0.2) is 10.6 Å². The third kappa shape index (κ3) is 3.62. The fourth-order valence-electron chi connectivity index (χ4n) is 3.91. The van der Waals surface area contributed by atoms with Gasteiger partial charge < -0.3 is 9.30 Å². The van der Waals surface area contributed by atoms with Gasteiger partial charge in [-0.25, -0.2) is 4.68 Å². The second-order valence-corrected chi connectivity index (χ2v) is 7.78. The minimum absolute atomic E-state index is 0.387. The summed E-state index contributed by atoms with van der Waals surface area (Å²) in [6.07, 6.45) is 2.33. The van der Waals surface area contributed by atoms with Crippen molar-refractivity contribution < 1.29 is 4.74 Å². The number of aromatic nitrogens is 3. The Morgan fingerprint density at radius 3 is 2.50 bits per heavy atom. The molecule has 1 atom stereocenters. The van der Waals surface area contributed by atoms with Crippen LogP contribution >= 0.6 is 12.2 Å². The first-order valence-electron chi connectivity index (χ1n) is 9.65. The molecule has 1 aliphatic heterocycles. The molecule has 0 aliphatic carbocycles. The highest BCUT2D eigenvalue weighted by molar-refractivity contribution is 7.71. The van der Waals surface area contributed by atoms with E-state index in [1.165, 1.54) is 17.5 Å². The molecule has 0 radical (unpaired) electrons. The van der Waals surface area contributed by atoms with Crippen molar-refractivity contribution in [2.75, 3.05) is 13.7 Å². The lowest BCUT2D eigenvalue weighted by molar-refractivity contribution is 0.190. The lowest BCUT2D eigenvalue weighted by atomic mass is 10.0. The molecule has 6 heteroatoms. The van der Waals surface area contributed by atoms with Gasteiger partial charge in [-0.15, -0.1) is 0 Å². The molecule has 0 spiro atoms. The van der Waals surface area contributed by atoms with Gasteiger partial charge in [0.25, 0.3) is 0 Å². The van der Waals surface area contributed by atoms with Gasteiger partial charge in [-0.3, -0.25) is 4.90 Å². The number of hydrogen-bond acceptors (Lipinski definition) is 4. The summed E-state index contributed by atoms with van der Waals surface area (Å²) in [5, 5.41) is 4.84. The second kappa shape index (κ2) is 7.89. The van der Waals surface area contributed by atoms with Crippen molar-refractivity contribution >= 4 is 12.2 Å². The summed E-state index contributed by atoms with van der Waals surface area (Å²) in [5.41, 5.74) is 3.65. The molecule has 1 saturated heterocycles. The smallest absolute Gasteiger partial charge is 0.199 e. The largest absolute Gasteiger partial charge is 0.497 e. The molecule has 2 aromatic carbocycles. The molecule has 0 bridgehead atoms. The van der Waals surface area contributed by atoms with E-state index in [0.717, 1.165) is 34.9 Å². The van der Waals surface area contributed by atoms with Crippen molar-refractivity contribution in [2.45, 2.75) is 32.5 Å². The van der Waals surface area contributed by atoms with E-state index < -0.39 is 0 Å². The van der Waals surface area contributed by atoms with Gasteiger partial charge in [0.2, 0.25) is 0 Å². The predicted molar refractivity (Wildman–Crippen MR) is 114 cm³/mol. The Morgan fingerprint density at radius 1 is 1.11 bits per heavy atom. The van der Waals surface area contributed by atoms with Gasteiger partial charge >= 0.3 is 0 Å². The molecule has 1 aromatic heterocycles. The Kier molecular flexibility index (Phi) is 5.33. The fourth-order valence-corrected chi connectivity index (χ4v) is 4.09. The highest BCUT2D eigenvalue weighted by Gasteiger charge is 2.27. The molecular formula is C22H26N4OS. The van der Waals surface area contributed by atoms with Crippen molar-refractivity contribution in [1.29, 1.82) is 0 Å². The standard InChI is InChI=1S/C22H26N4OS/c1-16-6-8-18(9-7-16)21-23-26(22(28)24(21)2)15-25-14-4-5-20(25)17-10-12-19(27-3)13-11-17/h6-13,20H,4-5,14-15H2,1-3H3/t20-/m0/s1. The van der Waals surface area contributed by atoms with Crippen LogP contribution in [0.25, 0.3) is 11.4 Å². The molecule has 1 fully saturated rings. The summed E-state index contributed by atoms with van der Waals surface area (Å²) in [6, 6.07) is 17.2. The maximum absolute atomic E-state index is 5.68. The number of hydrogen-bond donors (Lipinski definition) is 0. The molecule has 0 amide bonds. The van der Waals surface area contributed by atoms with Crippen molar-refractivity contribution in [3.05, 3.63) is 64.4 Å². The van der Waals surface area contributed by atoms with E-state index in [9.17, 15) is 0 Å². The fraction of sp³-hybridized carbons (Fsp3) is 0.364. The molecular weight excluding hydrogens is 368 g/mol. The first kappa shape index (κ1) is 18.9. The maximum Gasteiger partial charge on any atom is 0.199 e. The highest BCUT2D eigenvalue weighted by atomic mass is 32.1. The summed E-state index contributed by atoms with van der Waals surface area (Å²) >= 11 is 5.68. The van der Waals surface area contributed by atoms with Crippen molar-refractivity contribution in [3.8, 4) is 17.1 Å². The van der Waals surface area contributed by atoms with Crippen LogP contribution in [-0.2, 0) is 13.7 Å². The van der Waals surface area contributed by atoms with Gasteiger partial charge in [0.05, 0.1) is 13.8 Å². The van der Waals surface area contributed by atoms with Gasteiger partial charge in [0.1, 0.15) is 5.75 Å². The van der Waals surface area contributed by atoms with Gasteiger partial charge in [0, 0.05) is 25.2 Å². The zero-order valence-electron chi connectivity index (χ0n) is 16.6. The zero-order valence-corrected chi connectivity index (χ0v) is 17.4. The van der Waals surface area contributed by atoms with E-state index in [4.69, 9.17) is 22.1 Å². The van der Waals surface area contributed by atoms with E-state index in [0.29, 0.717) is 12.7 Å². The first-order valence-corrected chi connectivity index (χ1v) is 10.1. The normalized spacial score (nSPS) is 17.2. The summed E-state index contributed by atoms with van der Waals surface area (Å²) in [6.45, 7) is 3.84. The summed E-state index contributed by atoms with van der Waals surface area (Å²) in [7, 11) is 3.69. The Morgan fingerprint density at radius 2 is 1.82 bits per heavy atom. The first-order chi connectivity index (χ1) is 13.6. The molecule has 28 heavy (non-hydrogen) atoms. The van der Waals surface area contributed by atoms with Crippen molar-refractivity contribution in [2.24, 2.45) is 7.05 Å². The van der Waals surface area contributed by atoms with E-state index >= 15 is 0 Å². The quantitative estimate of drug-likeness (QED) is 0.586. The third-order valence-electron chi connectivity index (χ3n) is 5.53. The van der Waals surface area contributed by atoms with Gasteiger partial charge in [-0.05, 0) is 49.7 Å². The molecule has 4 rings (SSSR count). The van der Waals surface area contributed by atoms with Crippen molar-refractivity contribution in [1.82, 2.24) is 19.2 Å². The number of rotatable bonds is 5. The van der Waals surface area contributed by atoms with E-state index in [2.05, 4.69) is 48.2 Å². The molecule has 146 valence electrons.